The molecule has 1 aliphatic heterocycles. The first-order chi connectivity index (χ1) is 11.8. The molecular weight excluding hydrogens is 306 g/mol. The molecule has 0 bridgehead atoms. The Kier molecular flexibility index (Phi) is 4.08. The number of hydrogen-bond acceptors (Lipinski definition) is 4. The van der Waals surface area contributed by atoms with Gasteiger partial charge < -0.3 is 19.8 Å². The van der Waals surface area contributed by atoms with Gasteiger partial charge in [0.15, 0.2) is 0 Å². The molecule has 6 heteroatoms. The van der Waals surface area contributed by atoms with E-state index in [1.54, 1.807) is 19.5 Å². The number of aromatic nitrogens is 2. The van der Waals surface area contributed by atoms with Crippen molar-refractivity contribution in [3.63, 3.8) is 0 Å². The third kappa shape index (κ3) is 2.61. The molecule has 126 valence electrons. The first kappa shape index (κ1) is 15.4. The van der Waals surface area contributed by atoms with E-state index in [1.165, 1.54) is 0 Å². The molecule has 6 nitrogen and oxygen atoms in total. The van der Waals surface area contributed by atoms with Crippen molar-refractivity contribution in [3.05, 3.63) is 42.2 Å². The van der Waals surface area contributed by atoms with Crippen molar-refractivity contribution in [2.24, 2.45) is 11.8 Å². The zero-order valence-corrected chi connectivity index (χ0v) is 13.6. The van der Waals surface area contributed by atoms with E-state index in [-0.39, 0.29) is 24.0 Å². The van der Waals surface area contributed by atoms with E-state index in [0.29, 0.717) is 18.1 Å². The normalized spacial score (nSPS) is 28.2. The smallest absolute Gasteiger partial charge is 0.251 e. The number of nitrogens with one attached hydrogen (secondary N) is 2. The number of methoxy groups -OCH3 is 1. The summed E-state index contributed by atoms with van der Waals surface area (Å²) in [5, 5.41) is 3.18. The monoisotopic (exact) mass is 327 g/mol. The number of ether oxygens (including phenoxy) is 2. The van der Waals surface area contributed by atoms with Gasteiger partial charge in [0, 0.05) is 55.1 Å². The highest BCUT2D eigenvalue weighted by atomic mass is 16.5. The lowest BCUT2D eigenvalue weighted by molar-refractivity contribution is -0.0809. The van der Waals surface area contributed by atoms with Crippen molar-refractivity contribution < 1.29 is 14.3 Å². The highest BCUT2D eigenvalue weighted by molar-refractivity contribution is 5.95. The number of H-pyrrole nitrogens is 1. The molecule has 1 amide bonds. The number of carbonyl (C=O) groups excluding carboxylic acids is 1. The first-order valence-corrected chi connectivity index (χ1v) is 8.29. The average molecular weight is 327 g/mol. The maximum atomic E-state index is 12.7. The summed E-state index contributed by atoms with van der Waals surface area (Å²) < 4.78 is 11.1. The van der Waals surface area contributed by atoms with Crippen LogP contribution in [0.1, 0.15) is 16.8 Å². The number of nitrogens with zero attached hydrogens (tertiary/aromatic N) is 1. The Balaban J connectivity index is 1.49. The quantitative estimate of drug-likeness (QED) is 0.879. The van der Waals surface area contributed by atoms with Crippen LogP contribution in [0.5, 0.6) is 0 Å². The fourth-order valence-electron chi connectivity index (χ4n) is 3.90. The van der Waals surface area contributed by atoms with Gasteiger partial charge in [-0.15, -0.1) is 0 Å². The van der Waals surface area contributed by atoms with Gasteiger partial charge in [0.1, 0.15) is 5.82 Å². The fraction of sp³-hybridized carbons (Fsp3) is 0.444. The number of imidazole rings is 1. The third-order valence-corrected chi connectivity index (χ3v) is 5.08. The summed E-state index contributed by atoms with van der Waals surface area (Å²) in [6.07, 6.45) is 4.70. The third-order valence-electron chi connectivity index (χ3n) is 5.08. The van der Waals surface area contributed by atoms with Gasteiger partial charge >= 0.3 is 0 Å². The molecule has 2 N–H and O–H groups in total. The number of aromatic amines is 1. The molecule has 24 heavy (non-hydrogen) atoms. The van der Waals surface area contributed by atoms with Crippen molar-refractivity contribution in [2.75, 3.05) is 20.3 Å². The van der Waals surface area contributed by atoms with Crippen LogP contribution in [0.4, 0.5) is 0 Å². The Morgan fingerprint density at radius 1 is 1.50 bits per heavy atom. The van der Waals surface area contributed by atoms with E-state index in [4.69, 9.17) is 9.47 Å². The number of fused-ring (bicyclic) bond motifs is 1. The predicted molar refractivity (Wildman–Crippen MR) is 88.5 cm³/mol. The SMILES string of the molecule is COC[C@@H]1[C@H](NC(=O)c2cccc(-c3ncc[nH]3)c2)[C@@H]2CCO[C@H]12. The molecule has 2 heterocycles. The minimum absolute atomic E-state index is 0.0557. The van der Waals surface area contributed by atoms with Gasteiger partial charge in [0.05, 0.1) is 12.7 Å². The van der Waals surface area contributed by atoms with Crippen molar-refractivity contribution in [1.82, 2.24) is 15.3 Å². The summed E-state index contributed by atoms with van der Waals surface area (Å²) in [7, 11) is 1.69. The number of rotatable bonds is 5. The number of benzene rings is 1. The summed E-state index contributed by atoms with van der Waals surface area (Å²) >= 11 is 0. The molecule has 2 aromatic rings. The van der Waals surface area contributed by atoms with Gasteiger partial charge in [-0.05, 0) is 18.6 Å². The maximum absolute atomic E-state index is 12.7. The van der Waals surface area contributed by atoms with E-state index in [9.17, 15) is 4.79 Å². The van der Waals surface area contributed by atoms with Gasteiger partial charge in [-0.1, -0.05) is 12.1 Å². The van der Waals surface area contributed by atoms with Crippen LogP contribution >= 0.6 is 0 Å². The summed E-state index contributed by atoms with van der Waals surface area (Å²) in [5.74, 6) is 1.34. The Hall–Kier alpha value is -2.18. The molecule has 2 aliphatic rings. The lowest BCUT2D eigenvalue weighted by atomic mass is 9.67. The Labute approximate surface area is 140 Å². The van der Waals surface area contributed by atoms with Crippen LogP contribution in [-0.4, -0.2) is 48.3 Å². The van der Waals surface area contributed by atoms with E-state index in [2.05, 4.69) is 15.3 Å². The highest BCUT2D eigenvalue weighted by Crippen LogP contribution is 2.43. The van der Waals surface area contributed by atoms with E-state index >= 15 is 0 Å². The molecule has 0 unspecified atom stereocenters. The Morgan fingerprint density at radius 2 is 2.42 bits per heavy atom. The van der Waals surface area contributed by atoms with Crippen LogP contribution in [0.3, 0.4) is 0 Å². The molecular formula is C18H21N3O3. The second kappa shape index (κ2) is 6.37. The van der Waals surface area contributed by atoms with Crippen molar-refractivity contribution in [1.29, 1.82) is 0 Å². The van der Waals surface area contributed by atoms with Gasteiger partial charge in [-0.3, -0.25) is 4.79 Å². The molecule has 4 atom stereocenters. The second-order valence-corrected chi connectivity index (χ2v) is 6.42. The summed E-state index contributed by atoms with van der Waals surface area (Å²) in [6, 6.07) is 7.63. The number of carbonyl (C=O) groups is 1. The zero-order valence-electron chi connectivity index (χ0n) is 13.6. The van der Waals surface area contributed by atoms with Crippen LogP contribution in [0, 0.1) is 11.8 Å². The molecule has 1 saturated heterocycles. The maximum Gasteiger partial charge on any atom is 0.251 e. The fourth-order valence-corrected chi connectivity index (χ4v) is 3.90. The van der Waals surface area contributed by atoms with Gasteiger partial charge in [0.2, 0.25) is 0 Å². The van der Waals surface area contributed by atoms with Gasteiger partial charge in [-0.2, -0.15) is 0 Å². The standard InChI is InChI=1S/C18H21N3O3/c1-23-10-14-15(13-5-8-24-16(13)14)21-18(22)12-4-2-3-11(9-12)17-19-6-7-20-17/h2-4,6-7,9,13-16H,5,8,10H2,1H3,(H,19,20)(H,21,22)/t13-,14+,15+,16-/m0/s1. The molecule has 4 rings (SSSR count). The van der Waals surface area contributed by atoms with Crippen LogP contribution in [0.2, 0.25) is 0 Å². The lowest BCUT2D eigenvalue weighted by Gasteiger charge is -2.47. The van der Waals surface area contributed by atoms with Crippen molar-refractivity contribution in [2.45, 2.75) is 18.6 Å². The van der Waals surface area contributed by atoms with E-state index in [1.807, 2.05) is 24.3 Å². The molecule has 2 fully saturated rings. The Bertz CT molecular complexity index is 716. The van der Waals surface area contributed by atoms with Crippen molar-refractivity contribution >= 4 is 5.91 Å². The van der Waals surface area contributed by atoms with Crippen LogP contribution in [0.25, 0.3) is 11.4 Å². The largest absolute Gasteiger partial charge is 0.384 e. The summed E-state index contributed by atoms with van der Waals surface area (Å²) in [5.41, 5.74) is 1.54. The Morgan fingerprint density at radius 3 is 3.21 bits per heavy atom. The molecule has 1 aromatic heterocycles. The van der Waals surface area contributed by atoms with Crippen LogP contribution < -0.4 is 5.32 Å². The van der Waals surface area contributed by atoms with Crippen molar-refractivity contribution in [3.8, 4) is 11.4 Å². The summed E-state index contributed by atoms with van der Waals surface area (Å²) in [4.78, 5) is 20.0. The molecule has 0 radical (unpaired) electrons. The van der Waals surface area contributed by atoms with Gasteiger partial charge in [0.25, 0.3) is 5.91 Å². The van der Waals surface area contributed by atoms with E-state index in [0.717, 1.165) is 24.4 Å². The molecule has 0 spiro atoms. The first-order valence-electron chi connectivity index (χ1n) is 8.29. The highest BCUT2D eigenvalue weighted by Gasteiger charge is 2.54. The number of amides is 1. The van der Waals surface area contributed by atoms with E-state index < -0.39 is 0 Å². The van der Waals surface area contributed by atoms with Crippen LogP contribution in [-0.2, 0) is 9.47 Å². The average Bonchev–Trinajstić information content (AvgIpc) is 3.27. The molecule has 1 aromatic carbocycles. The second-order valence-electron chi connectivity index (χ2n) is 6.42. The minimum atomic E-state index is -0.0557. The predicted octanol–water partition coefficient (Wildman–Crippen LogP) is 1.86. The van der Waals surface area contributed by atoms with Crippen LogP contribution in [0.15, 0.2) is 36.7 Å². The topological polar surface area (TPSA) is 76.2 Å². The van der Waals surface area contributed by atoms with Gasteiger partial charge in [-0.25, -0.2) is 4.98 Å². The number of hydrogen-bond donors (Lipinski definition) is 2. The lowest BCUT2D eigenvalue weighted by Crippen LogP contribution is -2.62. The minimum Gasteiger partial charge on any atom is -0.384 e. The summed E-state index contributed by atoms with van der Waals surface area (Å²) in [6.45, 7) is 1.38. The zero-order chi connectivity index (χ0) is 16.5. The molecule has 1 aliphatic carbocycles. The molecule has 1 saturated carbocycles.